The maximum atomic E-state index is 10.5. The van der Waals surface area contributed by atoms with Crippen molar-refractivity contribution in [2.75, 3.05) is 18.5 Å². The van der Waals surface area contributed by atoms with Crippen LogP contribution in [-0.4, -0.2) is 34.2 Å². The molecule has 0 saturated heterocycles. The Morgan fingerprint density at radius 3 is 2.89 bits per heavy atom. The third-order valence-electron chi connectivity index (χ3n) is 2.25. The van der Waals surface area contributed by atoms with Gasteiger partial charge in [-0.2, -0.15) is 4.98 Å². The summed E-state index contributed by atoms with van der Waals surface area (Å²) < 4.78 is 5.31. The summed E-state index contributed by atoms with van der Waals surface area (Å²) in [6.45, 7) is 6.67. The Bertz CT molecular complexity index is 410. The van der Waals surface area contributed by atoms with Crippen LogP contribution in [0.5, 0.6) is 5.88 Å². The van der Waals surface area contributed by atoms with Crippen LogP contribution < -0.4 is 10.1 Å². The molecule has 1 rings (SSSR count). The Kier molecular flexibility index (Phi) is 5.35. The molecular formula is C12H19N3O3. The van der Waals surface area contributed by atoms with Gasteiger partial charge >= 0.3 is 5.97 Å². The normalized spacial score (nSPS) is 11.9. The molecule has 0 bridgehead atoms. The van der Waals surface area contributed by atoms with Gasteiger partial charge in [-0.05, 0) is 19.8 Å². The first-order valence-electron chi connectivity index (χ1n) is 5.95. The predicted molar refractivity (Wildman–Crippen MR) is 67.8 cm³/mol. The van der Waals surface area contributed by atoms with Gasteiger partial charge in [-0.15, -0.1) is 0 Å². The number of anilines is 1. The molecule has 0 fully saturated rings. The average Bonchev–Trinajstić information content (AvgIpc) is 2.25. The highest BCUT2D eigenvalue weighted by molar-refractivity contribution is 5.67. The fraction of sp³-hybridized carbons (Fsp3) is 0.583. The second-order valence-corrected chi connectivity index (χ2v) is 4.19. The zero-order chi connectivity index (χ0) is 13.5. The number of nitrogens with zero attached hydrogens (tertiary/aromatic N) is 2. The molecule has 0 spiro atoms. The van der Waals surface area contributed by atoms with E-state index in [1.165, 1.54) is 0 Å². The number of hydrogen-bond acceptors (Lipinski definition) is 5. The standard InChI is InChI=1S/C12H19N3O3/c1-4-18-10-6-9(3)14-12(15-10)13-7-8(2)5-11(16)17/h6,8H,4-5,7H2,1-3H3,(H,16,17)(H,13,14,15). The molecule has 100 valence electrons. The van der Waals surface area contributed by atoms with Crippen molar-refractivity contribution in [2.45, 2.75) is 27.2 Å². The first-order valence-corrected chi connectivity index (χ1v) is 5.95. The molecule has 0 saturated carbocycles. The fourth-order valence-electron chi connectivity index (χ4n) is 1.48. The lowest BCUT2D eigenvalue weighted by molar-refractivity contribution is -0.137. The Balaban J connectivity index is 2.58. The van der Waals surface area contributed by atoms with Crippen LogP contribution in [0.25, 0.3) is 0 Å². The lowest BCUT2D eigenvalue weighted by atomic mass is 10.1. The number of rotatable bonds is 7. The number of aliphatic carboxylic acids is 1. The number of carbonyl (C=O) groups is 1. The van der Waals surface area contributed by atoms with Crippen LogP contribution in [0, 0.1) is 12.8 Å². The van der Waals surface area contributed by atoms with Crippen molar-refractivity contribution in [1.82, 2.24) is 9.97 Å². The molecule has 6 heteroatoms. The quantitative estimate of drug-likeness (QED) is 0.769. The molecule has 0 amide bonds. The van der Waals surface area contributed by atoms with Crippen molar-refractivity contribution in [3.63, 3.8) is 0 Å². The molecule has 18 heavy (non-hydrogen) atoms. The summed E-state index contributed by atoms with van der Waals surface area (Å²) in [4.78, 5) is 18.9. The van der Waals surface area contributed by atoms with Gasteiger partial charge in [0.1, 0.15) is 0 Å². The number of hydrogen-bond donors (Lipinski definition) is 2. The minimum atomic E-state index is -0.801. The van der Waals surface area contributed by atoms with Crippen molar-refractivity contribution < 1.29 is 14.6 Å². The van der Waals surface area contributed by atoms with Gasteiger partial charge in [0, 0.05) is 24.7 Å². The van der Waals surface area contributed by atoms with Crippen molar-refractivity contribution in [1.29, 1.82) is 0 Å². The average molecular weight is 253 g/mol. The topological polar surface area (TPSA) is 84.3 Å². The largest absolute Gasteiger partial charge is 0.481 e. The van der Waals surface area contributed by atoms with E-state index in [2.05, 4.69) is 15.3 Å². The fourth-order valence-corrected chi connectivity index (χ4v) is 1.48. The van der Waals surface area contributed by atoms with E-state index in [0.717, 1.165) is 5.69 Å². The Hall–Kier alpha value is -1.85. The van der Waals surface area contributed by atoms with Crippen LogP contribution >= 0.6 is 0 Å². The van der Waals surface area contributed by atoms with Crippen LogP contribution in [0.4, 0.5) is 5.95 Å². The van der Waals surface area contributed by atoms with E-state index in [4.69, 9.17) is 9.84 Å². The summed E-state index contributed by atoms with van der Waals surface area (Å²) in [6, 6.07) is 1.76. The summed E-state index contributed by atoms with van der Waals surface area (Å²) in [5, 5.41) is 11.7. The summed E-state index contributed by atoms with van der Waals surface area (Å²) in [5.74, 6) is 0.209. The van der Waals surface area contributed by atoms with E-state index in [-0.39, 0.29) is 12.3 Å². The molecule has 1 unspecified atom stereocenters. The molecule has 1 aromatic heterocycles. The molecule has 1 heterocycles. The number of aromatic nitrogens is 2. The highest BCUT2D eigenvalue weighted by atomic mass is 16.5. The van der Waals surface area contributed by atoms with E-state index in [1.807, 2.05) is 20.8 Å². The zero-order valence-electron chi connectivity index (χ0n) is 10.9. The number of carboxylic acid groups (broad SMARTS) is 1. The Labute approximate surface area is 106 Å². The first kappa shape index (κ1) is 14.2. The number of aryl methyl sites for hydroxylation is 1. The lowest BCUT2D eigenvalue weighted by Gasteiger charge is -2.11. The van der Waals surface area contributed by atoms with Gasteiger partial charge < -0.3 is 15.2 Å². The van der Waals surface area contributed by atoms with E-state index in [1.54, 1.807) is 6.07 Å². The van der Waals surface area contributed by atoms with Gasteiger partial charge in [-0.25, -0.2) is 4.98 Å². The van der Waals surface area contributed by atoms with Crippen LogP contribution in [-0.2, 0) is 4.79 Å². The predicted octanol–water partition coefficient (Wildman–Crippen LogP) is 1.71. The smallest absolute Gasteiger partial charge is 0.303 e. The van der Waals surface area contributed by atoms with Gasteiger partial charge in [0.05, 0.1) is 6.61 Å². The van der Waals surface area contributed by atoms with Gasteiger partial charge in [-0.3, -0.25) is 4.79 Å². The van der Waals surface area contributed by atoms with Gasteiger partial charge in [0.25, 0.3) is 0 Å². The van der Waals surface area contributed by atoms with Crippen molar-refractivity contribution >= 4 is 11.9 Å². The molecule has 2 N–H and O–H groups in total. The molecule has 0 aliphatic carbocycles. The van der Waals surface area contributed by atoms with Gasteiger partial charge in [-0.1, -0.05) is 6.92 Å². The molecule has 6 nitrogen and oxygen atoms in total. The third kappa shape index (κ3) is 4.99. The molecule has 0 aliphatic rings. The van der Waals surface area contributed by atoms with Gasteiger partial charge in [0.15, 0.2) is 0 Å². The van der Waals surface area contributed by atoms with E-state index < -0.39 is 5.97 Å². The van der Waals surface area contributed by atoms with E-state index >= 15 is 0 Å². The molecule has 1 atom stereocenters. The second kappa shape index (κ2) is 6.78. The third-order valence-corrected chi connectivity index (χ3v) is 2.25. The highest BCUT2D eigenvalue weighted by Crippen LogP contribution is 2.12. The molecule has 1 aromatic rings. The SMILES string of the molecule is CCOc1cc(C)nc(NCC(C)CC(=O)O)n1. The Morgan fingerprint density at radius 1 is 1.56 bits per heavy atom. The number of nitrogens with one attached hydrogen (secondary N) is 1. The lowest BCUT2D eigenvalue weighted by Crippen LogP contribution is -2.16. The summed E-state index contributed by atoms with van der Waals surface area (Å²) >= 11 is 0. The summed E-state index contributed by atoms with van der Waals surface area (Å²) in [6.07, 6.45) is 0.122. The van der Waals surface area contributed by atoms with Crippen LogP contribution in [0.2, 0.25) is 0 Å². The van der Waals surface area contributed by atoms with Crippen LogP contribution in [0.15, 0.2) is 6.07 Å². The van der Waals surface area contributed by atoms with Crippen LogP contribution in [0.1, 0.15) is 26.0 Å². The second-order valence-electron chi connectivity index (χ2n) is 4.19. The molecule has 0 aliphatic heterocycles. The molecular weight excluding hydrogens is 234 g/mol. The minimum absolute atomic E-state index is 0.0159. The highest BCUT2D eigenvalue weighted by Gasteiger charge is 2.09. The monoisotopic (exact) mass is 253 g/mol. The minimum Gasteiger partial charge on any atom is -0.481 e. The summed E-state index contributed by atoms with van der Waals surface area (Å²) in [5.41, 5.74) is 0.807. The first-order chi connectivity index (χ1) is 8.51. The Morgan fingerprint density at radius 2 is 2.28 bits per heavy atom. The van der Waals surface area contributed by atoms with Crippen molar-refractivity contribution in [2.24, 2.45) is 5.92 Å². The van der Waals surface area contributed by atoms with Crippen molar-refractivity contribution in [3.8, 4) is 5.88 Å². The maximum Gasteiger partial charge on any atom is 0.303 e. The number of carboxylic acids is 1. The maximum absolute atomic E-state index is 10.5. The van der Waals surface area contributed by atoms with Crippen LogP contribution in [0.3, 0.4) is 0 Å². The number of ether oxygens (including phenoxy) is 1. The summed E-state index contributed by atoms with van der Waals surface area (Å²) in [7, 11) is 0. The molecule has 0 aromatic carbocycles. The van der Waals surface area contributed by atoms with Crippen molar-refractivity contribution in [3.05, 3.63) is 11.8 Å². The van der Waals surface area contributed by atoms with E-state index in [9.17, 15) is 4.79 Å². The van der Waals surface area contributed by atoms with Gasteiger partial charge in [0.2, 0.25) is 11.8 Å². The zero-order valence-corrected chi connectivity index (χ0v) is 10.9. The van der Waals surface area contributed by atoms with E-state index in [0.29, 0.717) is 25.0 Å². The molecule has 0 radical (unpaired) electrons.